The SMILES string of the molecule is CC(CC(C)OS(=O)(=O)c1ccc(Cl)cc1)OS(=O)(=O)c1ccc(Cl)cc1. The van der Waals surface area contributed by atoms with Gasteiger partial charge in [-0.15, -0.1) is 0 Å². The molecule has 2 aromatic rings. The number of rotatable bonds is 8. The van der Waals surface area contributed by atoms with Gasteiger partial charge in [-0.2, -0.15) is 16.8 Å². The van der Waals surface area contributed by atoms with Crippen molar-refractivity contribution in [3.63, 3.8) is 0 Å². The third kappa shape index (κ3) is 6.44. The summed E-state index contributed by atoms with van der Waals surface area (Å²) in [6.45, 7) is 3.03. The highest BCUT2D eigenvalue weighted by Gasteiger charge is 2.24. The molecule has 0 bridgehead atoms. The second kappa shape index (κ2) is 8.89. The van der Waals surface area contributed by atoms with Crippen LogP contribution in [0.25, 0.3) is 0 Å². The smallest absolute Gasteiger partial charge is 0.263 e. The highest BCUT2D eigenvalue weighted by molar-refractivity contribution is 7.87. The standard InChI is InChI=1S/C17H18Cl2O6S2/c1-12(24-26(20,21)16-7-3-14(18)4-8-16)11-13(2)25-27(22,23)17-9-5-15(19)6-10-17/h3-10,12-13H,11H2,1-2H3. The van der Waals surface area contributed by atoms with Crippen LogP contribution >= 0.6 is 23.2 Å². The Labute approximate surface area is 169 Å². The summed E-state index contributed by atoms with van der Waals surface area (Å²) in [4.78, 5) is -0.0813. The Morgan fingerprint density at radius 2 is 1.00 bits per heavy atom. The molecule has 2 unspecified atom stereocenters. The predicted octanol–water partition coefficient (Wildman–Crippen LogP) is 4.27. The molecule has 0 aliphatic carbocycles. The van der Waals surface area contributed by atoms with Gasteiger partial charge in [-0.25, -0.2) is 0 Å². The molecule has 0 saturated carbocycles. The van der Waals surface area contributed by atoms with E-state index in [9.17, 15) is 16.8 Å². The van der Waals surface area contributed by atoms with Gasteiger partial charge in [0.25, 0.3) is 20.2 Å². The zero-order valence-corrected chi connectivity index (χ0v) is 17.6. The summed E-state index contributed by atoms with van der Waals surface area (Å²) in [5.74, 6) is 0. The molecule has 0 spiro atoms. The Morgan fingerprint density at radius 1 is 0.704 bits per heavy atom. The van der Waals surface area contributed by atoms with Crippen molar-refractivity contribution >= 4 is 43.4 Å². The van der Waals surface area contributed by atoms with E-state index in [0.717, 1.165) is 0 Å². The van der Waals surface area contributed by atoms with Crippen molar-refractivity contribution in [1.29, 1.82) is 0 Å². The van der Waals surface area contributed by atoms with Crippen LogP contribution in [-0.2, 0) is 28.6 Å². The number of benzene rings is 2. The molecule has 2 aromatic carbocycles. The first-order valence-electron chi connectivity index (χ1n) is 7.87. The maximum Gasteiger partial charge on any atom is 0.297 e. The highest BCUT2D eigenvalue weighted by atomic mass is 35.5. The Kier molecular flexibility index (Phi) is 7.29. The summed E-state index contributed by atoms with van der Waals surface area (Å²) in [6, 6.07) is 11.1. The van der Waals surface area contributed by atoms with Crippen LogP contribution in [0.15, 0.2) is 58.3 Å². The topological polar surface area (TPSA) is 86.7 Å². The molecule has 148 valence electrons. The lowest BCUT2D eigenvalue weighted by atomic mass is 10.2. The van der Waals surface area contributed by atoms with Gasteiger partial charge in [0.1, 0.15) is 0 Å². The second-order valence-corrected chi connectivity index (χ2v) is 9.88. The molecule has 0 aliphatic heterocycles. The number of hydrogen-bond acceptors (Lipinski definition) is 6. The monoisotopic (exact) mass is 452 g/mol. The molecule has 0 heterocycles. The molecule has 2 rings (SSSR count). The van der Waals surface area contributed by atoms with Gasteiger partial charge in [-0.05, 0) is 62.4 Å². The van der Waals surface area contributed by atoms with Gasteiger partial charge in [0, 0.05) is 16.5 Å². The quantitative estimate of drug-likeness (QED) is 0.555. The summed E-state index contributed by atoms with van der Waals surface area (Å²) in [6.07, 6.45) is -1.57. The fourth-order valence-electron chi connectivity index (χ4n) is 2.29. The van der Waals surface area contributed by atoms with Gasteiger partial charge in [0.2, 0.25) is 0 Å². The highest BCUT2D eigenvalue weighted by Crippen LogP contribution is 2.22. The molecule has 0 amide bonds. The molecule has 0 radical (unpaired) electrons. The lowest BCUT2D eigenvalue weighted by Gasteiger charge is -2.18. The summed E-state index contributed by atoms with van der Waals surface area (Å²) in [7, 11) is -8.00. The van der Waals surface area contributed by atoms with E-state index in [1.165, 1.54) is 62.4 Å². The van der Waals surface area contributed by atoms with Gasteiger partial charge < -0.3 is 0 Å². The first kappa shape index (κ1) is 22.1. The van der Waals surface area contributed by atoms with Crippen LogP contribution < -0.4 is 0 Å². The first-order valence-corrected chi connectivity index (χ1v) is 11.4. The average Bonchev–Trinajstić information content (AvgIpc) is 2.54. The van der Waals surface area contributed by atoms with Crippen molar-refractivity contribution in [2.45, 2.75) is 42.3 Å². The van der Waals surface area contributed by atoms with E-state index in [2.05, 4.69) is 0 Å². The average molecular weight is 453 g/mol. The van der Waals surface area contributed by atoms with Crippen LogP contribution in [0.4, 0.5) is 0 Å². The maximum atomic E-state index is 12.2. The van der Waals surface area contributed by atoms with E-state index >= 15 is 0 Å². The van der Waals surface area contributed by atoms with Gasteiger partial charge >= 0.3 is 0 Å². The van der Waals surface area contributed by atoms with Crippen molar-refractivity contribution in [2.75, 3.05) is 0 Å². The van der Waals surface area contributed by atoms with Crippen molar-refractivity contribution in [1.82, 2.24) is 0 Å². The molecular weight excluding hydrogens is 435 g/mol. The van der Waals surface area contributed by atoms with Crippen LogP contribution in [0, 0.1) is 0 Å². The number of hydrogen-bond donors (Lipinski definition) is 0. The Hall–Kier alpha value is -1.16. The third-order valence-corrected chi connectivity index (χ3v) is 6.82. The van der Waals surface area contributed by atoms with Crippen molar-refractivity contribution in [3.8, 4) is 0 Å². The van der Waals surface area contributed by atoms with Crippen LogP contribution in [0.2, 0.25) is 10.0 Å². The summed E-state index contributed by atoms with van der Waals surface area (Å²) >= 11 is 11.5. The molecular formula is C17H18Cl2O6S2. The van der Waals surface area contributed by atoms with Crippen molar-refractivity contribution in [2.24, 2.45) is 0 Å². The lowest BCUT2D eigenvalue weighted by molar-refractivity contribution is 0.140. The zero-order chi connectivity index (χ0) is 20.2. The first-order chi connectivity index (χ1) is 12.5. The lowest BCUT2D eigenvalue weighted by Crippen LogP contribution is -2.24. The molecule has 0 aliphatic rings. The van der Waals surface area contributed by atoms with Crippen LogP contribution in [-0.4, -0.2) is 29.0 Å². The van der Waals surface area contributed by atoms with Gasteiger partial charge in [-0.3, -0.25) is 8.37 Å². The Bertz CT molecular complexity index is 890. The predicted molar refractivity (Wildman–Crippen MR) is 103 cm³/mol. The minimum Gasteiger partial charge on any atom is -0.263 e. The summed E-state index contributed by atoms with van der Waals surface area (Å²) in [5.41, 5.74) is 0. The maximum absolute atomic E-state index is 12.2. The van der Waals surface area contributed by atoms with Crippen molar-refractivity contribution < 1.29 is 25.2 Å². The van der Waals surface area contributed by atoms with E-state index in [1.807, 2.05) is 0 Å². The molecule has 27 heavy (non-hydrogen) atoms. The molecule has 0 aromatic heterocycles. The van der Waals surface area contributed by atoms with Crippen LogP contribution in [0.3, 0.4) is 0 Å². The Morgan fingerprint density at radius 3 is 1.30 bits per heavy atom. The largest absolute Gasteiger partial charge is 0.297 e. The van der Waals surface area contributed by atoms with E-state index in [1.54, 1.807) is 0 Å². The minimum absolute atomic E-state index is 0.0406. The molecule has 2 atom stereocenters. The third-order valence-electron chi connectivity index (χ3n) is 3.45. The second-order valence-electron chi connectivity index (χ2n) is 5.87. The van der Waals surface area contributed by atoms with Crippen molar-refractivity contribution in [3.05, 3.63) is 58.6 Å². The summed E-state index contributed by atoms with van der Waals surface area (Å²) < 4.78 is 59.2. The van der Waals surface area contributed by atoms with Crippen LogP contribution in [0.1, 0.15) is 20.3 Å². The van der Waals surface area contributed by atoms with Gasteiger partial charge in [0.15, 0.2) is 0 Å². The molecule has 0 saturated heterocycles. The van der Waals surface area contributed by atoms with Gasteiger partial charge in [0.05, 0.1) is 22.0 Å². The fourth-order valence-corrected chi connectivity index (χ4v) is 4.73. The minimum atomic E-state index is -4.00. The summed E-state index contributed by atoms with van der Waals surface area (Å²) in [5, 5.41) is 0.799. The van der Waals surface area contributed by atoms with E-state index in [0.29, 0.717) is 10.0 Å². The molecule has 0 N–H and O–H groups in total. The fraction of sp³-hybridized carbons (Fsp3) is 0.294. The van der Waals surface area contributed by atoms with E-state index < -0.39 is 32.4 Å². The van der Waals surface area contributed by atoms with Gasteiger partial charge in [-0.1, -0.05) is 23.2 Å². The van der Waals surface area contributed by atoms with E-state index in [4.69, 9.17) is 31.6 Å². The molecule has 10 heteroatoms. The van der Waals surface area contributed by atoms with E-state index in [-0.39, 0.29) is 16.2 Å². The Balaban J connectivity index is 1.99. The number of halogens is 2. The molecule has 6 nitrogen and oxygen atoms in total. The zero-order valence-electron chi connectivity index (χ0n) is 14.5. The van der Waals surface area contributed by atoms with Crippen LogP contribution in [0.5, 0.6) is 0 Å². The molecule has 0 fully saturated rings. The normalized spacial score (nSPS) is 14.7.